The predicted octanol–water partition coefficient (Wildman–Crippen LogP) is 0.594. The minimum Gasteiger partial charge on any atom is -0.477 e. The number of hydrogen-bond donors (Lipinski definition) is 3. The Kier molecular flexibility index (Phi) is 11.8. The van der Waals surface area contributed by atoms with Crippen molar-refractivity contribution < 1.29 is 62.0 Å². The number of aromatic amines is 3. The summed E-state index contributed by atoms with van der Waals surface area (Å²) in [4.78, 5) is 38.5. The minimum absolute atomic E-state index is 0. The summed E-state index contributed by atoms with van der Waals surface area (Å²) in [6.45, 7) is 0. The fraction of sp³-hybridized carbons (Fsp3) is 0. The molecule has 3 aromatic heterocycles. The molecule has 0 unspecified atom stereocenters. The van der Waals surface area contributed by atoms with E-state index in [1.54, 1.807) is 36.8 Å². The molecule has 0 fully saturated rings. The van der Waals surface area contributed by atoms with Crippen LogP contribution in [-0.4, -0.2) is 33.2 Å². The number of H-pyrrole nitrogens is 3. The minimum atomic E-state index is -0.910. The van der Waals surface area contributed by atoms with Crippen molar-refractivity contribution in [1.82, 2.24) is 0 Å². The van der Waals surface area contributed by atoms with Gasteiger partial charge >= 0.3 is 17.9 Å². The van der Waals surface area contributed by atoms with Crippen molar-refractivity contribution in [2.75, 3.05) is 0 Å². The van der Waals surface area contributed by atoms with Crippen molar-refractivity contribution in [3.63, 3.8) is 0 Å². The first-order valence-electron chi connectivity index (χ1n) is 7.50. The van der Waals surface area contributed by atoms with Crippen molar-refractivity contribution >= 4 is 17.9 Å². The summed E-state index contributed by atoms with van der Waals surface area (Å²) in [5.41, 5.74) is 0.826. The molecule has 28 heavy (non-hydrogen) atoms. The number of rotatable bonds is 3. The second kappa shape index (κ2) is 13.6. The van der Waals surface area contributed by atoms with Gasteiger partial charge in [0, 0.05) is 35.6 Å². The van der Waals surface area contributed by atoms with Crippen LogP contribution in [0.3, 0.4) is 0 Å². The van der Waals surface area contributed by atoms with Gasteiger partial charge in [0.15, 0.2) is 37.2 Å². The van der Waals surface area contributed by atoms with Crippen molar-refractivity contribution in [3.8, 4) is 0 Å². The van der Waals surface area contributed by atoms with Gasteiger partial charge in [0.2, 0.25) is 0 Å². The maximum Gasteiger partial charge on any atom is 0.341 e. The van der Waals surface area contributed by atoms with Gasteiger partial charge in [-0.25, -0.2) is 29.3 Å². The number of hydrogen-bond acceptors (Lipinski definition) is 3. The third-order valence-corrected chi connectivity index (χ3v) is 2.86. The Labute approximate surface area is 170 Å². The van der Waals surface area contributed by atoms with Crippen LogP contribution in [0.2, 0.25) is 0 Å². The normalized spacial score (nSPS) is 8.57. The Hall–Kier alpha value is -3.61. The van der Waals surface area contributed by atoms with Gasteiger partial charge in [0.1, 0.15) is 16.7 Å². The quantitative estimate of drug-likeness (QED) is 0.559. The number of carboxylic acids is 3. The van der Waals surface area contributed by atoms with E-state index in [4.69, 9.17) is 15.3 Å². The Bertz CT molecular complexity index is 747. The van der Waals surface area contributed by atoms with E-state index in [-0.39, 0.29) is 34.1 Å². The molecular formula is C18H18CrN3O6+3. The summed E-state index contributed by atoms with van der Waals surface area (Å²) in [7, 11) is 0. The van der Waals surface area contributed by atoms with Crippen LogP contribution in [0.5, 0.6) is 0 Å². The molecule has 0 saturated heterocycles. The molecule has 0 aliphatic rings. The van der Waals surface area contributed by atoms with Gasteiger partial charge in [-0.05, 0) is 18.2 Å². The maximum absolute atomic E-state index is 10.2. The SMILES string of the molecule is O=C(O)c1ccc[nH+]c1.O=C(O)c1ccc[nH+]c1.O=C(O)c1ccc[nH+]c1.[Cr]. The molecule has 0 aliphatic heterocycles. The molecule has 0 amide bonds. The fourth-order valence-corrected chi connectivity index (χ4v) is 1.58. The molecule has 0 radical (unpaired) electrons. The zero-order valence-corrected chi connectivity index (χ0v) is 15.7. The topological polar surface area (TPSA) is 154 Å². The predicted molar refractivity (Wildman–Crippen MR) is 89.9 cm³/mol. The molecule has 3 rings (SSSR count). The van der Waals surface area contributed by atoms with Crippen molar-refractivity contribution in [1.29, 1.82) is 0 Å². The van der Waals surface area contributed by atoms with Gasteiger partial charge in [-0.2, -0.15) is 0 Å². The maximum atomic E-state index is 10.2. The molecule has 0 saturated carbocycles. The van der Waals surface area contributed by atoms with Crippen LogP contribution in [0, 0.1) is 0 Å². The van der Waals surface area contributed by atoms with Crippen LogP contribution in [0.1, 0.15) is 31.1 Å². The molecule has 0 aromatic carbocycles. The van der Waals surface area contributed by atoms with E-state index in [2.05, 4.69) is 15.0 Å². The molecule has 0 bridgehead atoms. The van der Waals surface area contributed by atoms with E-state index >= 15 is 0 Å². The molecule has 3 aromatic rings. The number of pyridine rings is 3. The fourth-order valence-electron chi connectivity index (χ4n) is 1.58. The molecule has 144 valence electrons. The second-order valence-corrected chi connectivity index (χ2v) is 4.79. The standard InChI is InChI=1S/3C6H5NO2.Cr/c3*8-6(9)5-2-1-3-7-4-5;/h3*1-4H,(H,8,9);/p+3. The molecular weight excluding hydrogens is 406 g/mol. The van der Waals surface area contributed by atoms with Gasteiger partial charge in [-0.15, -0.1) is 0 Å². The smallest absolute Gasteiger partial charge is 0.341 e. The Morgan fingerprint density at radius 1 is 0.571 bits per heavy atom. The zero-order valence-electron chi connectivity index (χ0n) is 14.4. The van der Waals surface area contributed by atoms with Crippen molar-refractivity contribution in [2.45, 2.75) is 0 Å². The second-order valence-electron chi connectivity index (χ2n) is 4.79. The van der Waals surface area contributed by atoms with Gasteiger partial charge in [-0.1, -0.05) is 0 Å². The average molecular weight is 424 g/mol. The van der Waals surface area contributed by atoms with Crippen LogP contribution < -0.4 is 15.0 Å². The van der Waals surface area contributed by atoms with E-state index < -0.39 is 17.9 Å². The summed E-state index contributed by atoms with van der Waals surface area (Å²) in [5.74, 6) is -2.73. The van der Waals surface area contributed by atoms with Gasteiger partial charge < -0.3 is 15.3 Å². The van der Waals surface area contributed by atoms with Crippen LogP contribution >= 0.6 is 0 Å². The largest absolute Gasteiger partial charge is 0.477 e. The summed E-state index contributed by atoms with van der Waals surface area (Å²) in [6.07, 6.45) is 9.28. The first-order chi connectivity index (χ1) is 12.9. The van der Waals surface area contributed by atoms with Crippen LogP contribution in [0.15, 0.2) is 73.6 Å². The molecule has 6 N–H and O–H groups in total. The van der Waals surface area contributed by atoms with E-state index in [0.717, 1.165) is 0 Å². The number of aromatic nitrogens is 3. The molecule has 0 aliphatic carbocycles. The Morgan fingerprint density at radius 2 is 0.821 bits per heavy atom. The summed E-state index contributed by atoms with van der Waals surface area (Å²) >= 11 is 0. The third kappa shape index (κ3) is 9.77. The van der Waals surface area contributed by atoms with Crippen LogP contribution in [0.4, 0.5) is 0 Å². The number of carboxylic acid groups (broad SMARTS) is 3. The number of nitrogens with one attached hydrogen (secondary N) is 3. The van der Waals surface area contributed by atoms with Gasteiger partial charge in [0.25, 0.3) is 0 Å². The molecule has 0 spiro atoms. The van der Waals surface area contributed by atoms with E-state index in [0.29, 0.717) is 0 Å². The average Bonchev–Trinajstić information content (AvgIpc) is 2.71. The van der Waals surface area contributed by atoms with Crippen molar-refractivity contribution in [3.05, 3.63) is 90.3 Å². The van der Waals surface area contributed by atoms with E-state index in [1.807, 2.05) is 0 Å². The first kappa shape index (κ1) is 24.4. The summed E-state index contributed by atoms with van der Waals surface area (Å²) in [6, 6.07) is 9.51. The molecule has 0 atom stereocenters. The van der Waals surface area contributed by atoms with E-state index in [9.17, 15) is 14.4 Å². The Morgan fingerprint density at radius 3 is 0.929 bits per heavy atom. The monoisotopic (exact) mass is 424 g/mol. The zero-order chi connectivity index (χ0) is 20.1. The molecule has 9 nitrogen and oxygen atoms in total. The van der Waals surface area contributed by atoms with E-state index in [1.165, 1.54) is 36.8 Å². The van der Waals surface area contributed by atoms with Crippen LogP contribution in [0.25, 0.3) is 0 Å². The number of aromatic carboxylic acids is 3. The van der Waals surface area contributed by atoms with Gasteiger partial charge in [0.05, 0.1) is 0 Å². The summed E-state index contributed by atoms with van der Waals surface area (Å²) in [5, 5.41) is 25.1. The van der Waals surface area contributed by atoms with Crippen LogP contribution in [-0.2, 0) is 17.4 Å². The number of carbonyl (C=O) groups is 3. The molecule has 3 heterocycles. The first-order valence-corrected chi connectivity index (χ1v) is 7.50. The Balaban J connectivity index is 0.000000384. The third-order valence-electron chi connectivity index (χ3n) is 2.86. The van der Waals surface area contributed by atoms with Crippen molar-refractivity contribution in [2.24, 2.45) is 0 Å². The summed E-state index contributed by atoms with van der Waals surface area (Å²) < 4.78 is 0. The van der Waals surface area contributed by atoms with Gasteiger partial charge in [-0.3, -0.25) is 0 Å². The molecule has 10 heteroatoms.